The van der Waals surface area contributed by atoms with Gasteiger partial charge in [0.25, 0.3) is 0 Å². The molecule has 0 spiro atoms. The molecule has 1 N–H and O–H groups in total. The summed E-state index contributed by atoms with van der Waals surface area (Å²) in [7, 11) is 3.63. The van der Waals surface area contributed by atoms with Crippen LogP contribution in [-0.2, 0) is 6.54 Å². The second-order valence-electron chi connectivity index (χ2n) is 4.24. The Labute approximate surface area is 108 Å². The molecule has 0 bridgehead atoms. The minimum absolute atomic E-state index is 0.793. The molecule has 2 rings (SSSR count). The minimum Gasteiger partial charge on any atom is -0.496 e. The monoisotopic (exact) mass is 242 g/mol. The lowest BCUT2D eigenvalue weighted by atomic mass is 10.0. The Kier molecular flexibility index (Phi) is 3.95. The van der Waals surface area contributed by atoms with Crippen molar-refractivity contribution < 1.29 is 4.74 Å². The molecule has 1 aromatic heterocycles. The number of ether oxygens (including phenoxy) is 1. The summed E-state index contributed by atoms with van der Waals surface area (Å²) < 4.78 is 5.36. The highest BCUT2D eigenvalue weighted by atomic mass is 16.5. The Balaban J connectivity index is 2.43. The zero-order chi connectivity index (χ0) is 13.0. The highest BCUT2D eigenvalue weighted by Gasteiger charge is 2.05. The van der Waals surface area contributed by atoms with Gasteiger partial charge >= 0.3 is 0 Å². The van der Waals surface area contributed by atoms with Crippen molar-refractivity contribution in [1.82, 2.24) is 10.3 Å². The van der Waals surface area contributed by atoms with Crippen LogP contribution >= 0.6 is 0 Å². The van der Waals surface area contributed by atoms with Gasteiger partial charge in [0.05, 0.1) is 7.11 Å². The lowest BCUT2D eigenvalue weighted by molar-refractivity contribution is 0.408. The molecule has 1 aromatic carbocycles. The summed E-state index contributed by atoms with van der Waals surface area (Å²) >= 11 is 0. The number of nitrogens with one attached hydrogen (secondary N) is 1. The van der Waals surface area contributed by atoms with E-state index >= 15 is 0 Å². The summed E-state index contributed by atoms with van der Waals surface area (Å²) in [5, 5.41) is 3.16. The number of nitrogens with zero attached hydrogens (tertiary/aromatic N) is 1. The molecule has 0 aliphatic rings. The molecule has 3 heteroatoms. The fourth-order valence-electron chi connectivity index (χ4n) is 2.01. The number of aryl methyl sites for hydroxylation is 1. The van der Waals surface area contributed by atoms with Crippen molar-refractivity contribution in [3.63, 3.8) is 0 Å². The average Bonchev–Trinajstić information content (AvgIpc) is 2.39. The quantitative estimate of drug-likeness (QED) is 0.895. The predicted octanol–water partition coefficient (Wildman–Crippen LogP) is 2.79. The SMILES string of the molecule is CNCc1cc(-c2ccnc(C)c2)ccc1OC. The number of hydrogen-bond acceptors (Lipinski definition) is 3. The van der Waals surface area contributed by atoms with E-state index in [0.717, 1.165) is 23.6 Å². The predicted molar refractivity (Wildman–Crippen MR) is 73.7 cm³/mol. The summed E-state index contributed by atoms with van der Waals surface area (Å²) in [6, 6.07) is 10.4. The molecule has 94 valence electrons. The van der Waals surface area contributed by atoms with E-state index in [9.17, 15) is 0 Å². The highest BCUT2D eigenvalue weighted by Crippen LogP contribution is 2.26. The van der Waals surface area contributed by atoms with E-state index in [1.54, 1.807) is 7.11 Å². The van der Waals surface area contributed by atoms with E-state index in [4.69, 9.17) is 4.74 Å². The molecule has 1 heterocycles. The van der Waals surface area contributed by atoms with Crippen LogP contribution in [0.5, 0.6) is 5.75 Å². The van der Waals surface area contributed by atoms with Gasteiger partial charge in [0.2, 0.25) is 0 Å². The molecule has 0 atom stereocenters. The standard InChI is InChI=1S/C15H18N2O/c1-11-8-13(6-7-17-11)12-4-5-15(18-3)14(9-12)10-16-2/h4-9,16H,10H2,1-3H3. The highest BCUT2D eigenvalue weighted by molar-refractivity contribution is 5.65. The average molecular weight is 242 g/mol. The van der Waals surface area contributed by atoms with E-state index in [0.29, 0.717) is 0 Å². The van der Waals surface area contributed by atoms with Crippen molar-refractivity contribution in [2.45, 2.75) is 13.5 Å². The molecule has 0 aliphatic heterocycles. The third-order valence-corrected chi connectivity index (χ3v) is 2.88. The number of rotatable bonds is 4. The number of benzene rings is 1. The zero-order valence-electron chi connectivity index (χ0n) is 11.0. The molecule has 2 aromatic rings. The molecule has 0 saturated heterocycles. The normalized spacial score (nSPS) is 10.4. The smallest absolute Gasteiger partial charge is 0.123 e. The van der Waals surface area contributed by atoms with Gasteiger partial charge in [-0.05, 0) is 49.4 Å². The van der Waals surface area contributed by atoms with Crippen LogP contribution in [0, 0.1) is 6.92 Å². The van der Waals surface area contributed by atoms with Crippen LogP contribution in [0.25, 0.3) is 11.1 Å². The van der Waals surface area contributed by atoms with Crippen molar-refractivity contribution in [1.29, 1.82) is 0 Å². The lowest BCUT2D eigenvalue weighted by Crippen LogP contribution is -2.06. The first kappa shape index (κ1) is 12.6. The van der Waals surface area contributed by atoms with Crippen LogP contribution in [-0.4, -0.2) is 19.1 Å². The Bertz CT molecular complexity index is 538. The number of aromatic nitrogens is 1. The van der Waals surface area contributed by atoms with Crippen molar-refractivity contribution in [3.05, 3.63) is 47.8 Å². The molecule has 18 heavy (non-hydrogen) atoms. The lowest BCUT2D eigenvalue weighted by Gasteiger charge is -2.11. The van der Waals surface area contributed by atoms with E-state index in [2.05, 4.69) is 28.5 Å². The van der Waals surface area contributed by atoms with Gasteiger partial charge in [-0.25, -0.2) is 0 Å². The van der Waals surface area contributed by atoms with Crippen LogP contribution < -0.4 is 10.1 Å². The maximum absolute atomic E-state index is 5.36. The molecule has 0 saturated carbocycles. The fourth-order valence-corrected chi connectivity index (χ4v) is 2.01. The number of pyridine rings is 1. The van der Waals surface area contributed by atoms with E-state index in [-0.39, 0.29) is 0 Å². The van der Waals surface area contributed by atoms with Gasteiger partial charge < -0.3 is 10.1 Å². The largest absolute Gasteiger partial charge is 0.496 e. The van der Waals surface area contributed by atoms with Gasteiger partial charge in [0.1, 0.15) is 5.75 Å². The summed E-state index contributed by atoms with van der Waals surface area (Å²) in [6.45, 7) is 2.79. The third-order valence-electron chi connectivity index (χ3n) is 2.88. The first-order chi connectivity index (χ1) is 8.74. The zero-order valence-corrected chi connectivity index (χ0v) is 11.0. The van der Waals surface area contributed by atoms with Crippen molar-refractivity contribution in [2.24, 2.45) is 0 Å². The second kappa shape index (κ2) is 5.65. The topological polar surface area (TPSA) is 34.2 Å². The Morgan fingerprint density at radius 2 is 1.94 bits per heavy atom. The summed E-state index contributed by atoms with van der Waals surface area (Å²) in [4.78, 5) is 4.22. The number of methoxy groups -OCH3 is 1. The maximum atomic E-state index is 5.36. The van der Waals surface area contributed by atoms with E-state index in [1.807, 2.05) is 32.3 Å². The third kappa shape index (κ3) is 2.68. The summed E-state index contributed by atoms with van der Waals surface area (Å²) in [5.74, 6) is 0.916. The van der Waals surface area contributed by atoms with Crippen LogP contribution in [0.3, 0.4) is 0 Å². The summed E-state index contributed by atoms with van der Waals surface area (Å²) in [5.41, 5.74) is 4.56. The fraction of sp³-hybridized carbons (Fsp3) is 0.267. The van der Waals surface area contributed by atoms with Crippen molar-refractivity contribution in [3.8, 4) is 16.9 Å². The van der Waals surface area contributed by atoms with E-state index < -0.39 is 0 Å². The Hall–Kier alpha value is -1.87. The first-order valence-electron chi connectivity index (χ1n) is 5.99. The van der Waals surface area contributed by atoms with Crippen LogP contribution in [0.15, 0.2) is 36.5 Å². The molecule has 0 fully saturated rings. The van der Waals surface area contributed by atoms with Gasteiger partial charge in [-0.1, -0.05) is 6.07 Å². The molecule has 3 nitrogen and oxygen atoms in total. The molecular formula is C15H18N2O. The molecule has 0 radical (unpaired) electrons. The minimum atomic E-state index is 0.793. The Morgan fingerprint density at radius 3 is 2.61 bits per heavy atom. The van der Waals surface area contributed by atoms with Gasteiger partial charge in [0, 0.05) is 24.0 Å². The van der Waals surface area contributed by atoms with Gasteiger partial charge in [-0.2, -0.15) is 0 Å². The van der Waals surface area contributed by atoms with Gasteiger partial charge in [0.15, 0.2) is 0 Å². The second-order valence-corrected chi connectivity index (χ2v) is 4.24. The van der Waals surface area contributed by atoms with Crippen molar-refractivity contribution >= 4 is 0 Å². The summed E-state index contributed by atoms with van der Waals surface area (Å²) in [6.07, 6.45) is 1.84. The van der Waals surface area contributed by atoms with Gasteiger partial charge in [-0.15, -0.1) is 0 Å². The maximum Gasteiger partial charge on any atom is 0.123 e. The Morgan fingerprint density at radius 1 is 1.17 bits per heavy atom. The van der Waals surface area contributed by atoms with Crippen molar-refractivity contribution in [2.75, 3.05) is 14.2 Å². The molecule has 0 aliphatic carbocycles. The first-order valence-corrected chi connectivity index (χ1v) is 5.99. The molecule has 0 unspecified atom stereocenters. The van der Waals surface area contributed by atoms with Crippen LogP contribution in [0.1, 0.15) is 11.3 Å². The molecular weight excluding hydrogens is 224 g/mol. The number of hydrogen-bond donors (Lipinski definition) is 1. The van der Waals surface area contributed by atoms with Gasteiger partial charge in [-0.3, -0.25) is 4.98 Å². The van der Waals surface area contributed by atoms with Crippen LogP contribution in [0.4, 0.5) is 0 Å². The van der Waals surface area contributed by atoms with E-state index in [1.165, 1.54) is 11.1 Å². The molecule has 0 amide bonds. The van der Waals surface area contributed by atoms with Crippen LogP contribution in [0.2, 0.25) is 0 Å².